The number of ether oxygens (including phenoxy) is 2. The highest BCUT2D eigenvalue weighted by Crippen LogP contribution is 2.25. The molecule has 0 aromatic heterocycles. The summed E-state index contributed by atoms with van der Waals surface area (Å²) in [4.78, 5) is 12.0. The van der Waals surface area contributed by atoms with E-state index in [1.165, 1.54) is 0 Å². The Hall–Kier alpha value is -2.07. The zero-order chi connectivity index (χ0) is 15.9. The number of aliphatic hydroxyl groups is 1. The minimum Gasteiger partial charge on any atom is -0.497 e. The number of benzene rings is 2. The van der Waals surface area contributed by atoms with E-state index in [4.69, 9.17) is 14.6 Å². The van der Waals surface area contributed by atoms with Gasteiger partial charge in [-0.2, -0.15) is 0 Å². The van der Waals surface area contributed by atoms with E-state index in [1.54, 1.807) is 7.11 Å². The van der Waals surface area contributed by atoms with Crippen molar-refractivity contribution in [1.82, 2.24) is 0 Å². The standard InChI is InChI=1S/C18H22O4/c1-13(18(20)22-10-4-3-9-19)14-5-6-16-12-17(21-2)8-7-15(16)11-14/h5-8,11-13,19H,3-4,9-10H2,1-2H3/t13-/m0/s1. The molecule has 4 heteroatoms. The van der Waals surface area contributed by atoms with E-state index >= 15 is 0 Å². The molecule has 0 saturated carbocycles. The monoisotopic (exact) mass is 302 g/mol. The molecular formula is C18H22O4. The normalized spacial score (nSPS) is 12.1. The highest BCUT2D eigenvalue weighted by Gasteiger charge is 2.17. The van der Waals surface area contributed by atoms with E-state index in [0.717, 1.165) is 22.1 Å². The van der Waals surface area contributed by atoms with E-state index < -0.39 is 0 Å². The molecule has 0 bridgehead atoms. The molecule has 2 rings (SSSR count). The van der Waals surface area contributed by atoms with Gasteiger partial charge in [-0.1, -0.05) is 24.3 Å². The Kier molecular flexibility index (Phi) is 5.78. The first kappa shape index (κ1) is 16.3. The molecule has 1 N–H and O–H groups in total. The fourth-order valence-electron chi connectivity index (χ4n) is 2.29. The van der Waals surface area contributed by atoms with Gasteiger partial charge in [0.25, 0.3) is 0 Å². The summed E-state index contributed by atoms with van der Waals surface area (Å²) in [6.07, 6.45) is 1.34. The minimum absolute atomic E-state index is 0.126. The fourth-order valence-corrected chi connectivity index (χ4v) is 2.29. The van der Waals surface area contributed by atoms with E-state index in [9.17, 15) is 4.79 Å². The Morgan fingerprint density at radius 2 is 1.86 bits per heavy atom. The third-order valence-electron chi connectivity index (χ3n) is 3.72. The van der Waals surface area contributed by atoms with Gasteiger partial charge >= 0.3 is 5.97 Å². The number of carbonyl (C=O) groups excluding carboxylic acids is 1. The molecule has 0 saturated heterocycles. The molecule has 4 nitrogen and oxygen atoms in total. The zero-order valence-electron chi connectivity index (χ0n) is 13.0. The molecule has 0 radical (unpaired) electrons. The lowest BCUT2D eigenvalue weighted by atomic mass is 9.98. The molecule has 0 heterocycles. The van der Waals surface area contributed by atoms with Crippen LogP contribution in [0, 0.1) is 0 Å². The Morgan fingerprint density at radius 1 is 1.14 bits per heavy atom. The molecule has 2 aromatic carbocycles. The number of aliphatic hydroxyl groups excluding tert-OH is 1. The first-order valence-corrected chi connectivity index (χ1v) is 7.51. The summed E-state index contributed by atoms with van der Waals surface area (Å²) in [6, 6.07) is 11.8. The van der Waals surface area contributed by atoms with Crippen LogP contribution in [0.3, 0.4) is 0 Å². The van der Waals surface area contributed by atoms with E-state index in [0.29, 0.717) is 19.4 Å². The third-order valence-corrected chi connectivity index (χ3v) is 3.72. The molecule has 0 aliphatic rings. The van der Waals surface area contributed by atoms with Gasteiger partial charge in [-0.05, 0) is 48.2 Å². The summed E-state index contributed by atoms with van der Waals surface area (Å²) in [5.74, 6) is 0.281. The van der Waals surface area contributed by atoms with Gasteiger partial charge in [0.1, 0.15) is 5.75 Å². The van der Waals surface area contributed by atoms with Gasteiger partial charge in [-0.25, -0.2) is 0 Å². The molecular weight excluding hydrogens is 280 g/mol. The summed E-state index contributed by atoms with van der Waals surface area (Å²) < 4.78 is 10.4. The van der Waals surface area contributed by atoms with Gasteiger partial charge in [-0.15, -0.1) is 0 Å². The lowest BCUT2D eigenvalue weighted by molar-refractivity contribution is -0.145. The van der Waals surface area contributed by atoms with Crippen molar-refractivity contribution in [3.8, 4) is 5.75 Å². The number of hydrogen-bond donors (Lipinski definition) is 1. The number of unbranched alkanes of at least 4 members (excludes halogenated alkanes) is 1. The molecule has 0 spiro atoms. The predicted molar refractivity (Wildman–Crippen MR) is 86.2 cm³/mol. The van der Waals surface area contributed by atoms with Crippen molar-refractivity contribution in [2.24, 2.45) is 0 Å². The summed E-state index contributed by atoms with van der Waals surface area (Å²) in [7, 11) is 1.64. The summed E-state index contributed by atoms with van der Waals surface area (Å²) in [5.41, 5.74) is 0.935. The number of methoxy groups -OCH3 is 1. The van der Waals surface area contributed by atoms with Crippen LogP contribution in [0.4, 0.5) is 0 Å². The third kappa shape index (κ3) is 3.98. The SMILES string of the molecule is COc1ccc2cc([C@H](C)C(=O)OCCCCO)ccc2c1. The maximum absolute atomic E-state index is 12.0. The van der Waals surface area contributed by atoms with E-state index in [1.807, 2.05) is 43.3 Å². The van der Waals surface area contributed by atoms with Crippen molar-refractivity contribution in [3.05, 3.63) is 42.0 Å². The van der Waals surface area contributed by atoms with Crippen molar-refractivity contribution in [3.63, 3.8) is 0 Å². The van der Waals surface area contributed by atoms with Crippen LogP contribution in [-0.4, -0.2) is 31.4 Å². The number of fused-ring (bicyclic) bond motifs is 1. The summed E-state index contributed by atoms with van der Waals surface area (Å²) >= 11 is 0. The lowest BCUT2D eigenvalue weighted by Crippen LogP contribution is -2.14. The van der Waals surface area contributed by atoms with Crippen LogP contribution in [0.15, 0.2) is 36.4 Å². The average Bonchev–Trinajstić information content (AvgIpc) is 2.56. The second-order valence-electron chi connectivity index (χ2n) is 5.29. The molecule has 0 aliphatic carbocycles. The summed E-state index contributed by atoms with van der Waals surface area (Å²) in [5, 5.41) is 10.9. The minimum atomic E-state index is -0.305. The maximum Gasteiger partial charge on any atom is 0.313 e. The topological polar surface area (TPSA) is 55.8 Å². The number of rotatable bonds is 7. The quantitative estimate of drug-likeness (QED) is 0.630. The molecule has 0 unspecified atom stereocenters. The Labute approximate surface area is 130 Å². The highest BCUT2D eigenvalue weighted by atomic mass is 16.5. The van der Waals surface area contributed by atoms with Crippen LogP contribution in [0.1, 0.15) is 31.2 Å². The van der Waals surface area contributed by atoms with Crippen LogP contribution < -0.4 is 4.74 Å². The predicted octanol–water partition coefficient (Wildman–Crippen LogP) is 3.27. The lowest BCUT2D eigenvalue weighted by Gasteiger charge is -2.13. The fraction of sp³-hybridized carbons (Fsp3) is 0.389. The van der Waals surface area contributed by atoms with Gasteiger partial charge in [0.2, 0.25) is 0 Å². The van der Waals surface area contributed by atoms with Gasteiger partial charge in [0.05, 0.1) is 19.6 Å². The molecule has 118 valence electrons. The van der Waals surface area contributed by atoms with Crippen LogP contribution in [0.2, 0.25) is 0 Å². The van der Waals surface area contributed by atoms with Crippen molar-refractivity contribution in [2.75, 3.05) is 20.3 Å². The van der Waals surface area contributed by atoms with Crippen molar-refractivity contribution in [1.29, 1.82) is 0 Å². The number of esters is 1. The van der Waals surface area contributed by atoms with Crippen molar-refractivity contribution in [2.45, 2.75) is 25.7 Å². The number of carbonyl (C=O) groups is 1. The maximum atomic E-state index is 12.0. The van der Waals surface area contributed by atoms with Crippen molar-refractivity contribution < 1.29 is 19.4 Å². The molecule has 1 atom stereocenters. The Morgan fingerprint density at radius 3 is 2.59 bits per heavy atom. The van der Waals surface area contributed by atoms with E-state index in [-0.39, 0.29) is 18.5 Å². The zero-order valence-corrected chi connectivity index (χ0v) is 13.0. The molecule has 0 fully saturated rings. The summed E-state index contributed by atoms with van der Waals surface area (Å²) in [6.45, 7) is 2.33. The van der Waals surface area contributed by atoms with Gasteiger partial charge in [0.15, 0.2) is 0 Å². The first-order valence-electron chi connectivity index (χ1n) is 7.51. The smallest absolute Gasteiger partial charge is 0.313 e. The van der Waals surface area contributed by atoms with Crippen LogP contribution in [0.25, 0.3) is 10.8 Å². The van der Waals surface area contributed by atoms with Crippen LogP contribution in [-0.2, 0) is 9.53 Å². The highest BCUT2D eigenvalue weighted by molar-refractivity contribution is 5.86. The molecule has 0 aliphatic heterocycles. The van der Waals surface area contributed by atoms with Crippen LogP contribution >= 0.6 is 0 Å². The van der Waals surface area contributed by atoms with Gasteiger partial charge in [0, 0.05) is 6.61 Å². The largest absolute Gasteiger partial charge is 0.497 e. The van der Waals surface area contributed by atoms with E-state index in [2.05, 4.69) is 0 Å². The Bertz CT molecular complexity index is 636. The first-order chi connectivity index (χ1) is 10.7. The van der Waals surface area contributed by atoms with Gasteiger partial charge < -0.3 is 14.6 Å². The second-order valence-corrected chi connectivity index (χ2v) is 5.29. The van der Waals surface area contributed by atoms with Crippen LogP contribution in [0.5, 0.6) is 5.75 Å². The Balaban J connectivity index is 2.07. The van der Waals surface area contributed by atoms with Gasteiger partial charge in [-0.3, -0.25) is 4.79 Å². The molecule has 0 amide bonds. The van der Waals surface area contributed by atoms with Crippen molar-refractivity contribution >= 4 is 16.7 Å². The second kappa shape index (κ2) is 7.80. The average molecular weight is 302 g/mol. The molecule has 2 aromatic rings. The molecule has 22 heavy (non-hydrogen) atoms. The number of hydrogen-bond acceptors (Lipinski definition) is 4.